The molecule has 3 rings (SSSR count). The number of hydrogen-bond acceptors (Lipinski definition) is 4. The number of rotatable bonds is 2. The van der Waals surface area contributed by atoms with E-state index in [0.717, 1.165) is 16.2 Å². The second-order valence-corrected chi connectivity index (χ2v) is 4.14. The first kappa shape index (κ1) is 11.4. The third-order valence-electron chi connectivity index (χ3n) is 3.03. The molecule has 0 aliphatic carbocycles. The van der Waals surface area contributed by atoms with Gasteiger partial charge in [-0.1, -0.05) is 12.1 Å². The van der Waals surface area contributed by atoms with Crippen LogP contribution in [0, 0.1) is 0 Å². The van der Waals surface area contributed by atoms with Crippen LogP contribution in [0.25, 0.3) is 0 Å². The number of hydrogen-bond donors (Lipinski definition) is 3. The van der Waals surface area contributed by atoms with Crippen LogP contribution in [0.1, 0.15) is 17.3 Å². The number of nitrogens with one attached hydrogen (secondary N) is 2. The standard InChI is InChI=1S/C12H12N4O3/c1-19-8-4-2-7(3-5-8)10-11-9(6-13-16(11)18)14-12(17)15-10/h2-6,10,18H,1H3,(H2,14,15,17). The Morgan fingerprint density at radius 2 is 2.11 bits per heavy atom. The first-order valence-corrected chi connectivity index (χ1v) is 5.67. The quantitative estimate of drug-likeness (QED) is 0.711. The fourth-order valence-electron chi connectivity index (χ4n) is 2.11. The monoisotopic (exact) mass is 260 g/mol. The molecule has 0 spiro atoms. The summed E-state index contributed by atoms with van der Waals surface area (Å²) in [7, 11) is 1.59. The molecule has 2 aromatic rings. The summed E-state index contributed by atoms with van der Waals surface area (Å²) in [6.07, 6.45) is 1.41. The van der Waals surface area contributed by atoms with E-state index in [1.807, 2.05) is 12.1 Å². The van der Waals surface area contributed by atoms with Crippen molar-refractivity contribution in [3.05, 3.63) is 41.7 Å². The molecule has 7 nitrogen and oxygen atoms in total. The third-order valence-corrected chi connectivity index (χ3v) is 3.03. The molecule has 7 heteroatoms. The molecule has 1 unspecified atom stereocenters. The van der Waals surface area contributed by atoms with Gasteiger partial charge in [-0.15, -0.1) is 9.94 Å². The van der Waals surface area contributed by atoms with E-state index in [2.05, 4.69) is 15.7 Å². The molecule has 0 fully saturated rings. The summed E-state index contributed by atoms with van der Waals surface area (Å²) >= 11 is 0. The van der Waals surface area contributed by atoms with Crippen LogP contribution in [0.15, 0.2) is 30.5 Å². The molecule has 1 aromatic heterocycles. The smallest absolute Gasteiger partial charge is 0.320 e. The van der Waals surface area contributed by atoms with Gasteiger partial charge in [-0.3, -0.25) is 0 Å². The van der Waals surface area contributed by atoms with Crippen molar-refractivity contribution in [2.45, 2.75) is 6.04 Å². The SMILES string of the molecule is COc1ccc(C2NC(=O)Nc3cnn(O)c32)cc1. The highest BCUT2D eigenvalue weighted by atomic mass is 16.5. The molecular weight excluding hydrogens is 248 g/mol. The number of carbonyl (C=O) groups is 1. The number of aromatic nitrogens is 2. The summed E-state index contributed by atoms with van der Waals surface area (Å²) < 4.78 is 5.09. The lowest BCUT2D eigenvalue weighted by atomic mass is 10.0. The number of urea groups is 1. The molecule has 1 aromatic carbocycles. The van der Waals surface area contributed by atoms with Crippen LogP contribution in [-0.4, -0.2) is 28.3 Å². The van der Waals surface area contributed by atoms with Crippen molar-refractivity contribution in [2.24, 2.45) is 0 Å². The van der Waals surface area contributed by atoms with Gasteiger partial charge in [0, 0.05) is 0 Å². The van der Waals surface area contributed by atoms with E-state index in [0.29, 0.717) is 11.4 Å². The van der Waals surface area contributed by atoms with Crippen molar-refractivity contribution < 1.29 is 14.7 Å². The predicted octanol–water partition coefficient (Wildman–Crippen LogP) is 1.35. The van der Waals surface area contributed by atoms with Crippen molar-refractivity contribution in [2.75, 3.05) is 12.4 Å². The predicted molar refractivity (Wildman–Crippen MR) is 66.4 cm³/mol. The molecule has 3 N–H and O–H groups in total. The Bertz CT molecular complexity index is 620. The lowest BCUT2D eigenvalue weighted by Gasteiger charge is -2.24. The lowest BCUT2D eigenvalue weighted by molar-refractivity contribution is 0.136. The van der Waals surface area contributed by atoms with Crippen LogP contribution in [-0.2, 0) is 0 Å². The van der Waals surface area contributed by atoms with Crippen molar-refractivity contribution in [3.8, 4) is 5.75 Å². The summed E-state index contributed by atoms with van der Waals surface area (Å²) in [4.78, 5) is 12.3. The zero-order valence-electron chi connectivity index (χ0n) is 10.1. The van der Waals surface area contributed by atoms with Gasteiger partial charge >= 0.3 is 6.03 Å². The molecule has 2 heterocycles. The summed E-state index contributed by atoms with van der Waals surface area (Å²) in [5, 5.41) is 18.8. The zero-order chi connectivity index (χ0) is 13.4. The van der Waals surface area contributed by atoms with Gasteiger partial charge in [0.15, 0.2) is 0 Å². The summed E-state index contributed by atoms with van der Waals surface area (Å²) in [6, 6.07) is 6.45. The number of nitrogens with zero attached hydrogens (tertiary/aromatic N) is 2. The molecule has 1 aliphatic rings. The van der Waals surface area contributed by atoms with E-state index in [9.17, 15) is 10.0 Å². The van der Waals surface area contributed by atoms with Crippen LogP contribution in [0.5, 0.6) is 5.75 Å². The minimum Gasteiger partial charge on any atom is -0.497 e. The van der Waals surface area contributed by atoms with E-state index in [1.54, 1.807) is 19.2 Å². The fourth-order valence-corrected chi connectivity index (χ4v) is 2.11. The maximum Gasteiger partial charge on any atom is 0.320 e. The van der Waals surface area contributed by atoms with Gasteiger partial charge in [-0.25, -0.2) is 4.79 Å². The number of carbonyl (C=O) groups excluding carboxylic acids is 1. The number of fused-ring (bicyclic) bond motifs is 1. The number of methoxy groups -OCH3 is 1. The minimum absolute atomic E-state index is 0.332. The Kier molecular flexibility index (Phi) is 2.52. The lowest BCUT2D eigenvalue weighted by Crippen LogP contribution is -2.38. The van der Waals surface area contributed by atoms with E-state index >= 15 is 0 Å². The van der Waals surface area contributed by atoms with Gasteiger partial charge in [-0.2, -0.15) is 0 Å². The van der Waals surface area contributed by atoms with Crippen LogP contribution in [0.2, 0.25) is 0 Å². The first-order valence-electron chi connectivity index (χ1n) is 5.67. The number of benzene rings is 1. The molecular formula is C12H12N4O3. The van der Waals surface area contributed by atoms with Crippen LogP contribution < -0.4 is 15.4 Å². The van der Waals surface area contributed by atoms with E-state index in [-0.39, 0.29) is 6.03 Å². The molecule has 1 aliphatic heterocycles. The normalized spacial score (nSPS) is 17.3. The largest absolute Gasteiger partial charge is 0.497 e. The van der Waals surface area contributed by atoms with Gasteiger partial charge in [-0.05, 0) is 17.7 Å². The van der Waals surface area contributed by atoms with Crippen molar-refractivity contribution in [1.82, 2.24) is 15.3 Å². The number of anilines is 1. The Hall–Kier alpha value is -2.70. The Balaban J connectivity index is 2.04. The zero-order valence-corrected chi connectivity index (χ0v) is 10.1. The second-order valence-electron chi connectivity index (χ2n) is 4.14. The molecule has 0 bridgehead atoms. The molecule has 19 heavy (non-hydrogen) atoms. The highest BCUT2D eigenvalue weighted by molar-refractivity contribution is 5.92. The molecule has 0 saturated heterocycles. The molecule has 0 saturated carbocycles. The number of amides is 2. The van der Waals surface area contributed by atoms with Crippen LogP contribution >= 0.6 is 0 Å². The van der Waals surface area contributed by atoms with E-state index in [1.165, 1.54) is 6.20 Å². The second kappa shape index (κ2) is 4.20. The van der Waals surface area contributed by atoms with Crippen molar-refractivity contribution >= 4 is 11.7 Å². The first-order chi connectivity index (χ1) is 9.19. The fraction of sp³-hybridized carbons (Fsp3) is 0.167. The summed E-state index contributed by atoms with van der Waals surface area (Å²) in [5.41, 5.74) is 1.81. The topological polar surface area (TPSA) is 88.4 Å². The molecule has 1 atom stereocenters. The third kappa shape index (κ3) is 1.85. The Morgan fingerprint density at radius 3 is 2.79 bits per heavy atom. The summed E-state index contributed by atoms with van der Waals surface area (Å²) in [6.45, 7) is 0. The maximum absolute atomic E-state index is 11.6. The summed E-state index contributed by atoms with van der Waals surface area (Å²) in [5.74, 6) is 0.724. The Labute approximate surface area is 108 Å². The van der Waals surface area contributed by atoms with E-state index in [4.69, 9.17) is 4.74 Å². The van der Waals surface area contributed by atoms with E-state index < -0.39 is 6.04 Å². The van der Waals surface area contributed by atoms with Crippen LogP contribution in [0.4, 0.5) is 10.5 Å². The van der Waals surface area contributed by atoms with Crippen molar-refractivity contribution in [3.63, 3.8) is 0 Å². The van der Waals surface area contributed by atoms with Crippen LogP contribution in [0.3, 0.4) is 0 Å². The molecule has 2 amide bonds. The highest BCUT2D eigenvalue weighted by Gasteiger charge is 2.30. The Morgan fingerprint density at radius 1 is 1.37 bits per heavy atom. The van der Waals surface area contributed by atoms with Crippen molar-refractivity contribution in [1.29, 1.82) is 0 Å². The average Bonchev–Trinajstić information content (AvgIpc) is 2.79. The molecule has 0 radical (unpaired) electrons. The maximum atomic E-state index is 11.6. The minimum atomic E-state index is -0.456. The average molecular weight is 260 g/mol. The van der Waals surface area contributed by atoms with Gasteiger partial charge in [0.25, 0.3) is 0 Å². The van der Waals surface area contributed by atoms with Gasteiger partial charge < -0.3 is 20.6 Å². The van der Waals surface area contributed by atoms with Gasteiger partial charge in [0.2, 0.25) is 0 Å². The van der Waals surface area contributed by atoms with Gasteiger partial charge in [0.05, 0.1) is 19.0 Å². The number of ether oxygens (including phenoxy) is 1. The highest BCUT2D eigenvalue weighted by Crippen LogP contribution is 2.31. The van der Waals surface area contributed by atoms with Gasteiger partial charge in [0.1, 0.15) is 17.5 Å². The molecule has 98 valence electrons.